The third kappa shape index (κ3) is 5.57. The first kappa shape index (κ1) is 21.8. The van der Waals surface area contributed by atoms with Crippen molar-refractivity contribution in [3.63, 3.8) is 0 Å². The Morgan fingerprint density at radius 1 is 1.19 bits per heavy atom. The predicted octanol–water partition coefficient (Wildman–Crippen LogP) is 1.61. The van der Waals surface area contributed by atoms with Crippen LogP contribution in [0.2, 0.25) is 0 Å². The summed E-state index contributed by atoms with van der Waals surface area (Å²) < 4.78 is 5.60. The molecule has 1 aromatic heterocycles. The number of aliphatic carboxylic acids is 1. The number of pyridine rings is 1. The van der Waals surface area contributed by atoms with Gasteiger partial charge < -0.3 is 19.6 Å². The van der Waals surface area contributed by atoms with Crippen LogP contribution in [0.5, 0.6) is 5.75 Å². The maximum atomic E-state index is 12.7. The Hall–Kier alpha value is -3.93. The van der Waals surface area contributed by atoms with Gasteiger partial charge in [0, 0.05) is 32.0 Å². The molecule has 160 valence electrons. The fourth-order valence-corrected chi connectivity index (χ4v) is 3.42. The van der Waals surface area contributed by atoms with Crippen LogP contribution in [0.3, 0.4) is 0 Å². The van der Waals surface area contributed by atoms with Gasteiger partial charge in [-0.05, 0) is 42.3 Å². The van der Waals surface area contributed by atoms with Gasteiger partial charge in [0.2, 0.25) is 0 Å². The molecule has 1 N–H and O–H groups in total. The molecule has 1 unspecified atom stereocenters. The molecule has 2 aromatic rings. The third-order valence-corrected chi connectivity index (χ3v) is 4.98. The molecule has 9 nitrogen and oxygen atoms in total. The van der Waals surface area contributed by atoms with E-state index in [4.69, 9.17) is 10.00 Å². The number of benzene rings is 1. The van der Waals surface area contributed by atoms with Crippen molar-refractivity contribution in [2.45, 2.75) is 18.9 Å². The minimum absolute atomic E-state index is 0.244. The second-order valence-electron chi connectivity index (χ2n) is 7.03. The SMILES string of the molecule is N#Cc1ccc(OCCCN2CCN(C(CC(=O)O)c3cccnc3)C(=O)C2=O)cc1. The molecule has 1 saturated heterocycles. The summed E-state index contributed by atoms with van der Waals surface area (Å²) in [6.45, 7) is 1.27. The molecule has 1 atom stereocenters. The number of ether oxygens (including phenoxy) is 1. The smallest absolute Gasteiger partial charge is 0.312 e. The standard InChI is InChI=1S/C22H22N4O5/c23-14-16-4-6-18(7-5-16)31-12-2-9-25-10-11-26(22(30)21(25)29)19(13-20(27)28)17-3-1-8-24-15-17/h1,3-8,15,19H,2,9-13H2,(H,27,28). The fraction of sp³-hybridized carbons (Fsp3) is 0.318. The van der Waals surface area contributed by atoms with E-state index in [1.165, 1.54) is 16.0 Å². The molecule has 3 rings (SSSR count). The monoisotopic (exact) mass is 422 g/mol. The number of carboxylic acids is 1. The first-order valence-electron chi connectivity index (χ1n) is 9.84. The van der Waals surface area contributed by atoms with Crippen molar-refractivity contribution in [1.29, 1.82) is 5.26 Å². The second-order valence-corrected chi connectivity index (χ2v) is 7.03. The summed E-state index contributed by atoms with van der Waals surface area (Å²) in [6, 6.07) is 11.4. The summed E-state index contributed by atoms with van der Waals surface area (Å²) in [5.41, 5.74) is 1.12. The number of carbonyl (C=O) groups is 3. The molecule has 0 radical (unpaired) electrons. The number of nitrogens with zero attached hydrogens (tertiary/aromatic N) is 4. The summed E-state index contributed by atoms with van der Waals surface area (Å²) >= 11 is 0. The van der Waals surface area contributed by atoms with Crippen molar-refractivity contribution in [2.24, 2.45) is 0 Å². The highest BCUT2D eigenvalue weighted by molar-refractivity contribution is 6.35. The molecule has 1 aromatic carbocycles. The van der Waals surface area contributed by atoms with E-state index in [1.54, 1.807) is 42.6 Å². The zero-order chi connectivity index (χ0) is 22.2. The lowest BCUT2D eigenvalue weighted by molar-refractivity contribution is -0.159. The number of aromatic nitrogens is 1. The number of carbonyl (C=O) groups excluding carboxylic acids is 2. The topological polar surface area (TPSA) is 124 Å². The van der Waals surface area contributed by atoms with Gasteiger partial charge in [-0.2, -0.15) is 5.26 Å². The Labute approximate surface area is 179 Å². The molecule has 2 amide bonds. The Balaban J connectivity index is 1.55. The summed E-state index contributed by atoms with van der Waals surface area (Å²) in [6.07, 6.45) is 3.30. The average molecular weight is 422 g/mol. The molecule has 31 heavy (non-hydrogen) atoms. The van der Waals surface area contributed by atoms with Crippen LogP contribution in [-0.2, 0) is 14.4 Å². The second kappa shape index (κ2) is 10.2. The highest BCUT2D eigenvalue weighted by atomic mass is 16.5. The Kier molecular flexibility index (Phi) is 7.17. The molecular weight excluding hydrogens is 400 g/mol. The van der Waals surface area contributed by atoms with Gasteiger partial charge in [-0.25, -0.2) is 0 Å². The van der Waals surface area contributed by atoms with Crippen LogP contribution >= 0.6 is 0 Å². The maximum Gasteiger partial charge on any atom is 0.312 e. The van der Waals surface area contributed by atoms with E-state index in [-0.39, 0.29) is 13.0 Å². The summed E-state index contributed by atoms with van der Waals surface area (Å²) in [7, 11) is 0. The molecule has 0 bridgehead atoms. The number of amides is 2. The minimum atomic E-state index is -1.06. The number of piperazine rings is 1. The third-order valence-electron chi connectivity index (χ3n) is 4.98. The van der Waals surface area contributed by atoms with Crippen LogP contribution in [0.15, 0.2) is 48.8 Å². The number of rotatable bonds is 9. The van der Waals surface area contributed by atoms with Crippen LogP contribution in [-0.4, -0.2) is 63.9 Å². The van der Waals surface area contributed by atoms with Gasteiger partial charge in [-0.1, -0.05) is 6.07 Å². The lowest BCUT2D eigenvalue weighted by Crippen LogP contribution is -2.55. The molecule has 9 heteroatoms. The molecule has 0 aliphatic carbocycles. The Bertz CT molecular complexity index is 972. The van der Waals surface area contributed by atoms with Gasteiger partial charge in [0.15, 0.2) is 0 Å². The van der Waals surface area contributed by atoms with Gasteiger partial charge in [0.05, 0.1) is 30.7 Å². The molecule has 0 saturated carbocycles. The summed E-state index contributed by atoms with van der Waals surface area (Å²) in [4.78, 5) is 43.4. The number of nitriles is 1. The van der Waals surface area contributed by atoms with E-state index in [0.29, 0.717) is 43.0 Å². The van der Waals surface area contributed by atoms with Crippen LogP contribution in [0.25, 0.3) is 0 Å². The van der Waals surface area contributed by atoms with Crippen LogP contribution in [0.4, 0.5) is 0 Å². The number of carboxylic acid groups (broad SMARTS) is 1. The first-order chi connectivity index (χ1) is 15.0. The normalized spacial score (nSPS) is 14.8. The fourth-order valence-electron chi connectivity index (χ4n) is 3.42. The first-order valence-corrected chi connectivity index (χ1v) is 9.84. The highest BCUT2D eigenvalue weighted by Crippen LogP contribution is 2.26. The van der Waals surface area contributed by atoms with Crippen molar-refractivity contribution in [3.05, 3.63) is 59.9 Å². The van der Waals surface area contributed by atoms with Crippen LogP contribution in [0, 0.1) is 11.3 Å². The molecule has 1 aliphatic heterocycles. The van der Waals surface area contributed by atoms with E-state index in [9.17, 15) is 19.5 Å². The quantitative estimate of drug-likeness (QED) is 0.481. The number of hydrogen-bond acceptors (Lipinski definition) is 6. The van der Waals surface area contributed by atoms with Crippen molar-refractivity contribution in [3.8, 4) is 11.8 Å². The molecule has 2 heterocycles. The van der Waals surface area contributed by atoms with E-state index in [0.717, 1.165) is 0 Å². The maximum absolute atomic E-state index is 12.7. The lowest BCUT2D eigenvalue weighted by Gasteiger charge is -2.38. The molecule has 1 aliphatic rings. The van der Waals surface area contributed by atoms with Crippen molar-refractivity contribution in [2.75, 3.05) is 26.2 Å². The van der Waals surface area contributed by atoms with Gasteiger partial charge in [0.25, 0.3) is 0 Å². The predicted molar refractivity (Wildman–Crippen MR) is 109 cm³/mol. The zero-order valence-corrected chi connectivity index (χ0v) is 16.8. The van der Waals surface area contributed by atoms with Gasteiger partial charge in [-0.15, -0.1) is 0 Å². The largest absolute Gasteiger partial charge is 0.494 e. The average Bonchev–Trinajstić information content (AvgIpc) is 2.79. The van der Waals surface area contributed by atoms with E-state index in [1.807, 2.05) is 6.07 Å². The molecule has 0 spiro atoms. The van der Waals surface area contributed by atoms with Gasteiger partial charge >= 0.3 is 17.8 Å². The summed E-state index contributed by atoms with van der Waals surface area (Å²) in [5, 5.41) is 18.1. The highest BCUT2D eigenvalue weighted by Gasteiger charge is 2.37. The zero-order valence-electron chi connectivity index (χ0n) is 16.8. The summed E-state index contributed by atoms with van der Waals surface area (Å²) in [5.74, 6) is -1.80. The van der Waals surface area contributed by atoms with E-state index in [2.05, 4.69) is 4.98 Å². The van der Waals surface area contributed by atoms with E-state index < -0.39 is 23.8 Å². The molecular formula is C22H22N4O5. The van der Waals surface area contributed by atoms with Crippen LogP contribution in [0.1, 0.15) is 30.0 Å². The van der Waals surface area contributed by atoms with Gasteiger partial charge in [0.1, 0.15) is 5.75 Å². The Morgan fingerprint density at radius 2 is 1.97 bits per heavy atom. The molecule has 1 fully saturated rings. The van der Waals surface area contributed by atoms with Crippen molar-refractivity contribution < 1.29 is 24.2 Å². The Morgan fingerprint density at radius 3 is 2.61 bits per heavy atom. The number of hydrogen-bond donors (Lipinski definition) is 1. The van der Waals surface area contributed by atoms with Crippen molar-refractivity contribution in [1.82, 2.24) is 14.8 Å². The van der Waals surface area contributed by atoms with Gasteiger partial charge in [-0.3, -0.25) is 19.4 Å². The lowest BCUT2D eigenvalue weighted by atomic mass is 10.0. The minimum Gasteiger partial charge on any atom is -0.494 e. The van der Waals surface area contributed by atoms with Crippen molar-refractivity contribution >= 4 is 17.8 Å². The van der Waals surface area contributed by atoms with E-state index >= 15 is 0 Å². The van der Waals surface area contributed by atoms with Crippen LogP contribution < -0.4 is 4.74 Å².